The number of hydrogen-bond acceptors (Lipinski definition) is 3. The van der Waals surface area contributed by atoms with E-state index in [1.165, 1.54) is 0 Å². The Morgan fingerprint density at radius 1 is 1.33 bits per heavy atom. The second-order valence-electron chi connectivity index (χ2n) is 4.17. The van der Waals surface area contributed by atoms with Gasteiger partial charge in [0.25, 0.3) is 0 Å². The summed E-state index contributed by atoms with van der Waals surface area (Å²) < 4.78 is 0. The van der Waals surface area contributed by atoms with E-state index in [9.17, 15) is 0 Å². The van der Waals surface area contributed by atoms with E-state index >= 15 is 0 Å². The fourth-order valence-electron chi connectivity index (χ4n) is 0.929. The molecule has 15 heavy (non-hydrogen) atoms. The number of pyridine rings is 1. The first-order valence-corrected chi connectivity index (χ1v) is 5.13. The van der Waals surface area contributed by atoms with Gasteiger partial charge in [-0.2, -0.15) is 0 Å². The molecule has 0 radical (unpaired) electrons. The zero-order chi connectivity index (χ0) is 11.3. The van der Waals surface area contributed by atoms with Crippen LogP contribution in [-0.2, 0) is 0 Å². The third-order valence-corrected chi connectivity index (χ3v) is 1.66. The molecular formula is C10H16N4S. The van der Waals surface area contributed by atoms with Crippen molar-refractivity contribution in [3.8, 4) is 0 Å². The van der Waals surface area contributed by atoms with Crippen LogP contribution >= 0.6 is 12.2 Å². The van der Waals surface area contributed by atoms with Crippen LogP contribution in [0.2, 0.25) is 0 Å². The Bertz CT molecular complexity index is 318. The lowest BCUT2D eigenvalue weighted by molar-refractivity contribution is 0.509. The van der Waals surface area contributed by atoms with Crippen molar-refractivity contribution in [1.82, 2.24) is 15.7 Å². The van der Waals surface area contributed by atoms with Crippen molar-refractivity contribution in [3.63, 3.8) is 0 Å². The van der Waals surface area contributed by atoms with Crippen LogP contribution in [0.25, 0.3) is 0 Å². The molecule has 4 nitrogen and oxygen atoms in total. The summed E-state index contributed by atoms with van der Waals surface area (Å²) in [7, 11) is 0. The predicted molar refractivity (Wildman–Crippen MR) is 66.5 cm³/mol. The zero-order valence-corrected chi connectivity index (χ0v) is 9.98. The molecule has 0 atom stereocenters. The van der Waals surface area contributed by atoms with Crippen molar-refractivity contribution in [2.75, 3.05) is 5.43 Å². The van der Waals surface area contributed by atoms with Gasteiger partial charge in [0.1, 0.15) is 5.82 Å². The summed E-state index contributed by atoms with van der Waals surface area (Å²) in [6.07, 6.45) is 1.71. The molecule has 0 aliphatic rings. The molecule has 0 amide bonds. The van der Waals surface area contributed by atoms with E-state index in [0.29, 0.717) is 5.11 Å². The van der Waals surface area contributed by atoms with Gasteiger partial charge in [0.15, 0.2) is 5.11 Å². The molecule has 0 aliphatic carbocycles. The van der Waals surface area contributed by atoms with E-state index in [4.69, 9.17) is 12.2 Å². The van der Waals surface area contributed by atoms with E-state index in [1.807, 2.05) is 39.0 Å². The van der Waals surface area contributed by atoms with Crippen LogP contribution in [-0.4, -0.2) is 15.6 Å². The molecular weight excluding hydrogens is 208 g/mol. The highest BCUT2D eigenvalue weighted by Gasteiger charge is 2.10. The normalized spacial score (nSPS) is 10.6. The Hall–Kier alpha value is -1.36. The first-order chi connectivity index (χ1) is 6.97. The number of thiocarbonyl (C=S) groups is 1. The van der Waals surface area contributed by atoms with Crippen molar-refractivity contribution in [2.24, 2.45) is 0 Å². The molecule has 0 spiro atoms. The van der Waals surface area contributed by atoms with Gasteiger partial charge in [0.05, 0.1) is 0 Å². The van der Waals surface area contributed by atoms with Gasteiger partial charge in [-0.25, -0.2) is 4.98 Å². The van der Waals surface area contributed by atoms with E-state index < -0.39 is 0 Å². The van der Waals surface area contributed by atoms with Gasteiger partial charge in [0, 0.05) is 11.7 Å². The largest absolute Gasteiger partial charge is 0.357 e. The third-order valence-electron chi connectivity index (χ3n) is 1.46. The van der Waals surface area contributed by atoms with Gasteiger partial charge in [-0.15, -0.1) is 0 Å². The molecule has 3 N–H and O–H groups in total. The Labute approximate surface area is 95.5 Å². The van der Waals surface area contributed by atoms with Crippen LogP contribution in [0.5, 0.6) is 0 Å². The number of nitrogens with one attached hydrogen (secondary N) is 3. The number of anilines is 1. The van der Waals surface area contributed by atoms with Crippen molar-refractivity contribution < 1.29 is 0 Å². The molecule has 1 aromatic heterocycles. The summed E-state index contributed by atoms with van der Waals surface area (Å²) in [6, 6.07) is 5.61. The van der Waals surface area contributed by atoms with Crippen LogP contribution < -0.4 is 16.2 Å². The summed E-state index contributed by atoms with van der Waals surface area (Å²) >= 11 is 5.09. The van der Waals surface area contributed by atoms with Gasteiger partial charge in [-0.1, -0.05) is 6.07 Å². The molecule has 82 valence electrons. The molecule has 5 heteroatoms. The monoisotopic (exact) mass is 224 g/mol. The first kappa shape index (κ1) is 11.7. The molecule has 0 saturated heterocycles. The topological polar surface area (TPSA) is 49.0 Å². The fourth-order valence-corrected chi connectivity index (χ4v) is 1.29. The summed E-state index contributed by atoms with van der Waals surface area (Å²) in [5.41, 5.74) is 5.72. The maximum Gasteiger partial charge on any atom is 0.185 e. The van der Waals surface area contributed by atoms with Gasteiger partial charge in [-0.05, 0) is 45.1 Å². The standard InChI is InChI=1S/C10H16N4S/c1-10(2,3)12-9(15)14-13-8-6-4-5-7-11-8/h4-7H,1-3H3,(H,11,13)(H2,12,14,15). The molecule has 1 rings (SSSR count). The number of rotatable bonds is 2. The van der Waals surface area contributed by atoms with Crippen LogP contribution in [0.15, 0.2) is 24.4 Å². The summed E-state index contributed by atoms with van der Waals surface area (Å²) in [5, 5.41) is 3.67. The Morgan fingerprint density at radius 2 is 2.07 bits per heavy atom. The van der Waals surface area contributed by atoms with Gasteiger partial charge >= 0.3 is 0 Å². The lowest BCUT2D eigenvalue weighted by Gasteiger charge is -2.23. The molecule has 0 aliphatic heterocycles. The molecule has 0 aromatic carbocycles. The molecule has 0 unspecified atom stereocenters. The van der Waals surface area contributed by atoms with Crippen LogP contribution in [0, 0.1) is 0 Å². The summed E-state index contributed by atoms with van der Waals surface area (Å²) in [4.78, 5) is 4.09. The van der Waals surface area contributed by atoms with E-state index in [-0.39, 0.29) is 5.54 Å². The first-order valence-electron chi connectivity index (χ1n) is 4.72. The highest BCUT2D eigenvalue weighted by atomic mass is 32.1. The molecule has 1 aromatic rings. The van der Waals surface area contributed by atoms with Crippen molar-refractivity contribution in [3.05, 3.63) is 24.4 Å². The van der Waals surface area contributed by atoms with E-state index in [2.05, 4.69) is 21.2 Å². The van der Waals surface area contributed by atoms with E-state index in [1.54, 1.807) is 6.20 Å². The molecule has 0 fully saturated rings. The Morgan fingerprint density at radius 3 is 2.60 bits per heavy atom. The highest BCUT2D eigenvalue weighted by Crippen LogP contribution is 1.99. The van der Waals surface area contributed by atoms with Crippen molar-refractivity contribution in [2.45, 2.75) is 26.3 Å². The Balaban J connectivity index is 2.35. The van der Waals surface area contributed by atoms with E-state index in [0.717, 1.165) is 5.82 Å². The van der Waals surface area contributed by atoms with Gasteiger partial charge in [0.2, 0.25) is 0 Å². The minimum Gasteiger partial charge on any atom is -0.357 e. The number of nitrogens with zero attached hydrogens (tertiary/aromatic N) is 1. The minimum absolute atomic E-state index is 0.0458. The fraction of sp³-hybridized carbons (Fsp3) is 0.400. The third kappa shape index (κ3) is 5.17. The SMILES string of the molecule is CC(C)(C)NC(=S)NNc1ccccn1. The Kier molecular flexibility index (Phi) is 3.85. The minimum atomic E-state index is -0.0458. The molecule has 1 heterocycles. The second kappa shape index (κ2) is 4.93. The smallest absolute Gasteiger partial charge is 0.185 e. The highest BCUT2D eigenvalue weighted by molar-refractivity contribution is 7.80. The van der Waals surface area contributed by atoms with Gasteiger partial charge in [-0.3, -0.25) is 10.9 Å². The quantitative estimate of drug-likeness (QED) is 0.527. The van der Waals surface area contributed by atoms with Crippen LogP contribution in [0.1, 0.15) is 20.8 Å². The lowest BCUT2D eigenvalue weighted by Crippen LogP contribution is -2.48. The zero-order valence-electron chi connectivity index (χ0n) is 9.16. The second-order valence-corrected chi connectivity index (χ2v) is 4.58. The lowest BCUT2D eigenvalue weighted by atomic mass is 10.1. The van der Waals surface area contributed by atoms with Crippen LogP contribution in [0.3, 0.4) is 0 Å². The molecule has 0 saturated carbocycles. The van der Waals surface area contributed by atoms with Crippen molar-refractivity contribution >= 4 is 23.1 Å². The average molecular weight is 224 g/mol. The number of hydrazine groups is 1. The average Bonchev–Trinajstić information content (AvgIpc) is 2.14. The van der Waals surface area contributed by atoms with Crippen molar-refractivity contribution in [1.29, 1.82) is 0 Å². The summed E-state index contributed by atoms with van der Waals surface area (Å²) in [5.74, 6) is 0.732. The number of aromatic nitrogens is 1. The van der Waals surface area contributed by atoms with Gasteiger partial charge < -0.3 is 5.32 Å². The van der Waals surface area contributed by atoms with Crippen LogP contribution in [0.4, 0.5) is 5.82 Å². The maximum absolute atomic E-state index is 5.09. The maximum atomic E-state index is 5.09. The molecule has 0 bridgehead atoms. The number of hydrogen-bond donors (Lipinski definition) is 3. The summed E-state index contributed by atoms with van der Waals surface area (Å²) in [6.45, 7) is 6.13. The predicted octanol–water partition coefficient (Wildman–Crippen LogP) is 1.67.